The number of halogens is 3. The number of amides is 2. The van der Waals surface area contributed by atoms with Crippen LogP contribution in [0.15, 0.2) is 0 Å². The predicted octanol–water partition coefficient (Wildman–Crippen LogP) is -0.222. The van der Waals surface area contributed by atoms with Crippen LogP contribution < -0.4 is 5.32 Å². The van der Waals surface area contributed by atoms with Crippen LogP contribution in [0.1, 0.15) is 6.42 Å². The van der Waals surface area contributed by atoms with Crippen LogP contribution in [0.5, 0.6) is 0 Å². The molecule has 1 rings (SSSR count). The van der Waals surface area contributed by atoms with E-state index in [1.54, 1.807) is 5.32 Å². The molecular weight excluding hydrogens is 245 g/mol. The Kier molecular flexibility index (Phi) is 3.81. The summed E-state index contributed by atoms with van der Waals surface area (Å²) < 4.78 is 35.9. The lowest BCUT2D eigenvalue weighted by molar-refractivity contribution is -0.175. The van der Waals surface area contributed by atoms with Crippen molar-refractivity contribution in [3.05, 3.63) is 0 Å². The molecule has 0 spiro atoms. The number of carboxylic acid groups (broad SMARTS) is 1. The zero-order valence-corrected chi connectivity index (χ0v) is 8.57. The molecular formula is C8H11F3N2O4. The molecule has 1 saturated heterocycles. The maximum atomic E-state index is 12.0. The molecule has 0 aromatic carbocycles. The highest BCUT2D eigenvalue weighted by Crippen LogP contribution is 2.17. The fourth-order valence-electron chi connectivity index (χ4n) is 1.51. The average molecular weight is 256 g/mol. The molecule has 2 atom stereocenters. The fraction of sp³-hybridized carbons (Fsp3) is 0.750. The van der Waals surface area contributed by atoms with E-state index in [0.29, 0.717) is 0 Å². The number of aliphatic hydroxyl groups excluding tert-OH is 1. The number of piperidine rings is 1. The smallest absolute Gasteiger partial charge is 0.465 e. The molecule has 1 aliphatic heterocycles. The van der Waals surface area contributed by atoms with Crippen molar-refractivity contribution in [1.29, 1.82) is 0 Å². The number of alkyl halides is 3. The second-order valence-corrected chi connectivity index (χ2v) is 3.66. The first-order chi connectivity index (χ1) is 7.71. The van der Waals surface area contributed by atoms with Crippen LogP contribution in [0.25, 0.3) is 0 Å². The number of carbonyl (C=O) groups is 2. The van der Waals surface area contributed by atoms with Gasteiger partial charge in [-0.1, -0.05) is 0 Å². The Morgan fingerprint density at radius 3 is 2.41 bits per heavy atom. The molecule has 98 valence electrons. The first-order valence-corrected chi connectivity index (χ1v) is 4.75. The van der Waals surface area contributed by atoms with Crippen LogP contribution in [0.3, 0.4) is 0 Å². The Balaban J connectivity index is 2.62. The number of rotatable bonds is 1. The minimum absolute atomic E-state index is 0.0187. The molecule has 0 radical (unpaired) electrons. The Hall–Kier alpha value is -1.51. The van der Waals surface area contributed by atoms with Crippen LogP contribution in [-0.4, -0.2) is 58.5 Å². The van der Waals surface area contributed by atoms with Gasteiger partial charge in [0, 0.05) is 13.1 Å². The van der Waals surface area contributed by atoms with Crippen LogP contribution >= 0.6 is 0 Å². The minimum Gasteiger partial charge on any atom is -0.465 e. The summed E-state index contributed by atoms with van der Waals surface area (Å²) in [6, 6.07) is -1.24. The van der Waals surface area contributed by atoms with Crippen molar-refractivity contribution in [2.75, 3.05) is 13.1 Å². The number of hydrogen-bond donors (Lipinski definition) is 3. The third kappa shape index (κ3) is 3.48. The van der Waals surface area contributed by atoms with Crippen molar-refractivity contribution < 1.29 is 33.0 Å². The molecule has 2 amide bonds. The van der Waals surface area contributed by atoms with Gasteiger partial charge in [0.2, 0.25) is 0 Å². The van der Waals surface area contributed by atoms with E-state index in [1.807, 2.05) is 0 Å². The summed E-state index contributed by atoms with van der Waals surface area (Å²) >= 11 is 0. The van der Waals surface area contributed by atoms with Crippen molar-refractivity contribution in [3.8, 4) is 0 Å². The van der Waals surface area contributed by atoms with Gasteiger partial charge in [0.1, 0.15) is 0 Å². The normalized spacial score (nSPS) is 25.5. The molecule has 0 aromatic rings. The highest BCUT2D eigenvalue weighted by Gasteiger charge is 2.42. The van der Waals surface area contributed by atoms with E-state index in [4.69, 9.17) is 5.11 Å². The van der Waals surface area contributed by atoms with E-state index >= 15 is 0 Å². The first kappa shape index (κ1) is 13.6. The standard InChI is InChI=1S/C8H11F3N2O4/c9-8(10,11)6(15)12-4-3-13(7(16)17)2-1-5(4)14/h4-5,14H,1-3H2,(H,12,15)(H,16,17). The molecule has 6 nitrogen and oxygen atoms in total. The molecule has 0 bridgehead atoms. The molecule has 1 aliphatic rings. The van der Waals surface area contributed by atoms with Crippen LogP contribution in [0.2, 0.25) is 0 Å². The van der Waals surface area contributed by atoms with Gasteiger partial charge in [-0.15, -0.1) is 0 Å². The maximum Gasteiger partial charge on any atom is 0.471 e. The molecule has 2 unspecified atom stereocenters. The summed E-state index contributed by atoms with van der Waals surface area (Å²) in [6.45, 7) is -0.340. The van der Waals surface area contributed by atoms with Crippen LogP contribution in [0, 0.1) is 0 Å². The van der Waals surface area contributed by atoms with Crippen molar-refractivity contribution in [2.45, 2.75) is 24.7 Å². The van der Waals surface area contributed by atoms with Gasteiger partial charge >= 0.3 is 18.2 Å². The van der Waals surface area contributed by atoms with E-state index in [1.165, 1.54) is 0 Å². The number of aliphatic hydroxyl groups is 1. The molecule has 17 heavy (non-hydrogen) atoms. The second kappa shape index (κ2) is 4.78. The highest BCUT2D eigenvalue weighted by molar-refractivity contribution is 5.82. The van der Waals surface area contributed by atoms with Gasteiger partial charge in [0.05, 0.1) is 12.1 Å². The van der Waals surface area contributed by atoms with Crippen LogP contribution in [-0.2, 0) is 4.79 Å². The van der Waals surface area contributed by atoms with E-state index in [2.05, 4.69) is 0 Å². The molecule has 1 heterocycles. The number of carbonyl (C=O) groups excluding carboxylic acids is 1. The summed E-state index contributed by atoms with van der Waals surface area (Å²) in [5.74, 6) is -2.19. The van der Waals surface area contributed by atoms with Crippen molar-refractivity contribution in [2.24, 2.45) is 0 Å². The van der Waals surface area contributed by atoms with Gasteiger partial charge in [-0.25, -0.2) is 4.79 Å². The number of nitrogens with zero attached hydrogens (tertiary/aromatic N) is 1. The molecule has 1 fully saturated rings. The zero-order valence-electron chi connectivity index (χ0n) is 8.57. The predicted molar refractivity (Wildman–Crippen MR) is 48.2 cm³/mol. The van der Waals surface area contributed by atoms with Gasteiger partial charge in [-0.2, -0.15) is 13.2 Å². The molecule has 0 aliphatic carbocycles. The lowest BCUT2D eigenvalue weighted by Gasteiger charge is -2.34. The monoisotopic (exact) mass is 256 g/mol. The molecule has 0 saturated carbocycles. The number of likely N-dealkylation sites (tertiary alicyclic amines) is 1. The Labute approximate surface area is 94.0 Å². The highest BCUT2D eigenvalue weighted by atomic mass is 19.4. The fourth-order valence-corrected chi connectivity index (χ4v) is 1.51. The molecule has 9 heteroatoms. The van der Waals surface area contributed by atoms with E-state index in [-0.39, 0.29) is 19.5 Å². The van der Waals surface area contributed by atoms with Crippen molar-refractivity contribution >= 4 is 12.0 Å². The Morgan fingerprint density at radius 2 is 1.94 bits per heavy atom. The number of nitrogens with one attached hydrogen (secondary N) is 1. The van der Waals surface area contributed by atoms with Gasteiger partial charge < -0.3 is 20.4 Å². The minimum atomic E-state index is -5.05. The summed E-state index contributed by atoms with van der Waals surface area (Å²) in [5, 5.41) is 19.6. The van der Waals surface area contributed by atoms with Crippen molar-refractivity contribution in [3.63, 3.8) is 0 Å². The lowest BCUT2D eigenvalue weighted by Crippen LogP contribution is -2.58. The van der Waals surface area contributed by atoms with Gasteiger partial charge in [0.15, 0.2) is 0 Å². The average Bonchev–Trinajstić information content (AvgIpc) is 2.19. The second-order valence-electron chi connectivity index (χ2n) is 3.66. The summed E-state index contributed by atoms with van der Waals surface area (Å²) in [6.07, 6.45) is -7.56. The van der Waals surface area contributed by atoms with Gasteiger partial charge in [-0.3, -0.25) is 4.79 Å². The summed E-state index contributed by atoms with van der Waals surface area (Å²) in [4.78, 5) is 22.1. The maximum absolute atomic E-state index is 12.0. The summed E-state index contributed by atoms with van der Waals surface area (Å²) in [5.41, 5.74) is 0. The van der Waals surface area contributed by atoms with E-state index in [0.717, 1.165) is 4.90 Å². The largest absolute Gasteiger partial charge is 0.471 e. The SMILES string of the molecule is O=C(O)N1CCC(O)C(NC(=O)C(F)(F)F)C1. The first-order valence-electron chi connectivity index (χ1n) is 4.75. The van der Waals surface area contributed by atoms with E-state index in [9.17, 15) is 27.9 Å². The zero-order chi connectivity index (χ0) is 13.2. The Morgan fingerprint density at radius 1 is 1.35 bits per heavy atom. The molecule has 0 aromatic heterocycles. The molecule has 3 N–H and O–H groups in total. The van der Waals surface area contributed by atoms with Crippen LogP contribution in [0.4, 0.5) is 18.0 Å². The Bertz CT molecular complexity index is 320. The number of hydrogen-bond acceptors (Lipinski definition) is 3. The third-order valence-electron chi connectivity index (χ3n) is 2.42. The van der Waals surface area contributed by atoms with Gasteiger partial charge in [0.25, 0.3) is 0 Å². The lowest BCUT2D eigenvalue weighted by atomic mass is 10.0. The topological polar surface area (TPSA) is 89.9 Å². The quantitative estimate of drug-likeness (QED) is 0.605. The van der Waals surface area contributed by atoms with Crippen molar-refractivity contribution in [1.82, 2.24) is 10.2 Å². The van der Waals surface area contributed by atoms with Gasteiger partial charge in [-0.05, 0) is 6.42 Å². The van der Waals surface area contributed by atoms with E-state index < -0.39 is 30.3 Å². The summed E-state index contributed by atoms with van der Waals surface area (Å²) in [7, 11) is 0. The third-order valence-corrected chi connectivity index (χ3v) is 2.42.